The van der Waals surface area contributed by atoms with Crippen LogP contribution in [0.15, 0.2) is 47.4 Å². The van der Waals surface area contributed by atoms with Gasteiger partial charge in [-0.2, -0.15) is 0 Å². The van der Waals surface area contributed by atoms with E-state index in [1.165, 1.54) is 6.26 Å². The highest BCUT2D eigenvalue weighted by atomic mass is 35.5. The number of anilines is 1. The maximum Gasteiger partial charge on any atom is 0.175 e. The average molecular weight is 416 g/mol. The van der Waals surface area contributed by atoms with Gasteiger partial charge in [0.05, 0.1) is 10.6 Å². The number of hydrogen-bond acceptors (Lipinski definition) is 7. The molecule has 2 aromatic rings. The molecule has 1 saturated heterocycles. The molecule has 0 saturated carbocycles. The van der Waals surface area contributed by atoms with Gasteiger partial charge in [0, 0.05) is 22.8 Å². The van der Waals surface area contributed by atoms with Crippen molar-refractivity contribution in [3.05, 3.63) is 58.1 Å². The minimum atomic E-state index is -3.23. The Hall–Kier alpha value is -1.39. The predicted octanol–water partition coefficient (Wildman–Crippen LogP) is 1.71. The number of nitrogens with one attached hydrogen (secondary N) is 1. The second-order valence-corrected chi connectivity index (χ2v) is 8.96. The van der Waals surface area contributed by atoms with E-state index >= 15 is 0 Å². The Morgan fingerprint density at radius 3 is 2.19 bits per heavy atom. The van der Waals surface area contributed by atoms with E-state index in [-0.39, 0.29) is 4.90 Å². The first kappa shape index (κ1) is 19.4. The molecular weight excluding hydrogens is 397 g/mol. The molecule has 0 aromatic heterocycles. The molecule has 5 N–H and O–H groups in total. The number of hydrazine groups is 1. The van der Waals surface area contributed by atoms with Crippen molar-refractivity contribution in [2.45, 2.75) is 24.0 Å². The minimum Gasteiger partial charge on any atom is -0.302 e. The number of halogens is 2. The second kappa shape index (κ2) is 7.32. The maximum atomic E-state index is 11.6. The average Bonchev–Trinajstić information content (AvgIpc) is 2.82. The number of nitrogens with two attached hydrogens (primary N) is 2. The standard InChI is InChI=1S/C16H19Cl2N5O2S/c1-26(24,25)14-4-2-10(3-5-14)9-22-15(19)21-23(16(22)20)13-7-11(17)6-12(18)8-13/h2-8,15-16,21H,9,19-20H2,1H3. The van der Waals surface area contributed by atoms with Crippen molar-refractivity contribution in [1.29, 1.82) is 0 Å². The van der Waals surface area contributed by atoms with Gasteiger partial charge in [0.25, 0.3) is 0 Å². The molecule has 0 aliphatic carbocycles. The van der Waals surface area contributed by atoms with Crippen molar-refractivity contribution in [2.75, 3.05) is 11.3 Å². The van der Waals surface area contributed by atoms with E-state index in [1.807, 2.05) is 4.90 Å². The predicted molar refractivity (Wildman–Crippen MR) is 103 cm³/mol. The van der Waals surface area contributed by atoms with Crippen LogP contribution in [0.25, 0.3) is 0 Å². The van der Waals surface area contributed by atoms with Crippen molar-refractivity contribution in [3.8, 4) is 0 Å². The van der Waals surface area contributed by atoms with Crippen LogP contribution in [0.3, 0.4) is 0 Å². The third-order valence-electron chi connectivity index (χ3n) is 4.08. The van der Waals surface area contributed by atoms with Crippen LogP contribution < -0.4 is 21.9 Å². The monoisotopic (exact) mass is 415 g/mol. The highest BCUT2D eigenvalue weighted by Gasteiger charge is 2.35. The maximum absolute atomic E-state index is 11.6. The summed E-state index contributed by atoms with van der Waals surface area (Å²) in [5.74, 6) is 0. The van der Waals surface area contributed by atoms with Crippen LogP contribution >= 0.6 is 23.2 Å². The van der Waals surface area contributed by atoms with E-state index < -0.39 is 22.4 Å². The molecular formula is C16H19Cl2N5O2S. The summed E-state index contributed by atoms with van der Waals surface area (Å²) in [5.41, 5.74) is 17.1. The lowest BCUT2D eigenvalue weighted by molar-refractivity contribution is 0.184. The lowest BCUT2D eigenvalue weighted by Gasteiger charge is -2.27. The first-order valence-electron chi connectivity index (χ1n) is 7.72. The highest BCUT2D eigenvalue weighted by molar-refractivity contribution is 7.90. The fourth-order valence-electron chi connectivity index (χ4n) is 2.76. The normalized spacial score (nSPS) is 21.3. The van der Waals surface area contributed by atoms with Crippen LogP contribution in [0.2, 0.25) is 10.0 Å². The summed E-state index contributed by atoms with van der Waals surface area (Å²) in [6, 6.07) is 11.7. The lowest BCUT2D eigenvalue weighted by atomic mass is 10.2. The van der Waals surface area contributed by atoms with Crippen molar-refractivity contribution in [1.82, 2.24) is 10.3 Å². The van der Waals surface area contributed by atoms with E-state index in [0.717, 1.165) is 5.56 Å². The van der Waals surface area contributed by atoms with E-state index in [2.05, 4.69) is 5.43 Å². The molecule has 0 amide bonds. The minimum absolute atomic E-state index is 0.268. The van der Waals surface area contributed by atoms with Crippen LogP contribution in [0.1, 0.15) is 5.56 Å². The van der Waals surface area contributed by atoms with Crippen molar-refractivity contribution < 1.29 is 8.42 Å². The summed E-state index contributed by atoms with van der Waals surface area (Å²) in [6.07, 6.45) is 0.0816. The van der Waals surface area contributed by atoms with Gasteiger partial charge >= 0.3 is 0 Å². The summed E-state index contributed by atoms with van der Waals surface area (Å²) in [6.45, 7) is 0.435. The van der Waals surface area contributed by atoms with Gasteiger partial charge in [0.15, 0.2) is 16.1 Å². The van der Waals surface area contributed by atoms with Gasteiger partial charge in [-0.3, -0.25) is 10.7 Å². The first-order chi connectivity index (χ1) is 12.1. The fourth-order valence-corrected chi connectivity index (χ4v) is 3.90. The van der Waals surface area contributed by atoms with Gasteiger partial charge < -0.3 is 5.73 Å². The van der Waals surface area contributed by atoms with E-state index in [9.17, 15) is 8.42 Å². The van der Waals surface area contributed by atoms with Gasteiger partial charge in [-0.25, -0.2) is 18.7 Å². The molecule has 3 rings (SSSR count). The van der Waals surface area contributed by atoms with E-state index in [1.54, 1.807) is 47.5 Å². The van der Waals surface area contributed by atoms with Crippen LogP contribution in [0.5, 0.6) is 0 Å². The van der Waals surface area contributed by atoms with E-state index in [0.29, 0.717) is 22.3 Å². The summed E-state index contributed by atoms with van der Waals surface area (Å²) >= 11 is 12.1. The van der Waals surface area contributed by atoms with Gasteiger partial charge in [0.2, 0.25) is 0 Å². The quantitative estimate of drug-likeness (QED) is 0.697. The molecule has 0 spiro atoms. The molecule has 1 aliphatic heterocycles. The number of benzene rings is 2. The zero-order valence-electron chi connectivity index (χ0n) is 13.9. The largest absolute Gasteiger partial charge is 0.302 e. The molecule has 140 valence electrons. The van der Waals surface area contributed by atoms with Crippen LogP contribution in [0.4, 0.5) is 5.69 Å². The Morgan fingerprint density at radius 2 is 1.65 bits per heavy atom. The summed E-state index contributed by atoms with van der Waals surface area (Å²) in [4.78, 5) is 2.09. The molecule has 10 heteroatoms. The Balaban J connectivity index is 1.79. The third-order valence-corrected chi connectivity index (χ3v) is 5.64. The van der Waals surface area contributed by atoms with Crippen molar-refractivity contribution >= 4 is 38.7 Å². The van der Waals surface area contributed by atoms with Crippen molar-refractivity contribution in [2.24, 2.45) is 11.5 Å². The van der Waals surface area contributed by atoms with Crippen LogP contribution in [-0.4, -0.2) is 32.2 Å². The van der Waals surface area contributed by atoms with Crippen LogP contribution in [-0.2, 0) is 16.4 Å². The molecule has 0 bridgehead atoms. The van der Waals surface area contributed by atoms with Crippen molar-refractivity contribution in [3.63, 3.8) is 0 Å². The summed E-state index contributed by atoms with van der Waals surface area (Å²) < 4.78 is 23.1. The fraction of sp³-hybridized carbons (Fsp3) is 0.250. The zero-order chi connectivity index (χ0) is 19.1. The number of hydrogen-bond donors (Lipinski definition) is 3. The van der Waals surface area contributed by atoms with Gasteiger partial charge in [-0.05, 0) is 35.9 Å². The van der Waals surface area contributed by atoms with Crippen LogP contribution in [0, 0.1) is 0 Å². The molecule has 26 heavy (non-hydrogen) atoms. The summed E-state index contributed by atoms with van der Waals surface area (Å²) in [5, 5.41) is 2.67. The molecule has 2 unspecified atom stereocenters. The Kier molecular flexibility index (Phi) is 5.45. The molecule has 1 heterocycles. The number of rotatable bonds is 4. The summed E-state index contributed by atoms with van der Waals surface area (Å²) in [7, 11) is -3.23. The zero-order valence-corrected chi connectivity index (χ0v) is 16.3. The molecule has 1 fully saturated rings. The molecule has 2 aromatic carbocycles. The number of sulfone groups is 1. The third kappa shape index (κ3) is 4.12. The molecule has 1 aliphatic rings. The smallest absolute Gasteiger partial charge is 0.175 e. The Morgan fingerprint density at radius 1 is 1.08 bits per heavy atom. The molecule has 7 nitrogen and oxygen atoms in total. The molecule has 2 atom stereocenters. The number of nitrogens with zero attached hydrogens (tertiary/aromatic N) is 2. The van der Waals surface area contributed by atoms with Gasteiger partial charge in [-0.1, -0.05) is 35.3 Å². The first-order valence-corrected chi connectivity index (χ1v) is 10.4. The Labute approximate surface area is 162 Å². The second-order valence-electron chi connectivity index (χ2n) is 6.07. The Bertz CT molecular complexity index is 887. The van der Waals surface area contributed by atoms with Gasteiger partial charge in [-0.15, -0.1) is 0 Å². The topological polar surface area (TPSA) is 105 Å². The molecule has 0 radical (unpaired) electrons. The highest BCUT2D eigenvalue weighted by Crippen LogP contribution is 2.28. The lowest BCUT2D eigenvalue weighted by Crippen LogP contribution is -2.48. The van der Waals surface area contributed by atoms with E-state index in [4.69, 9.17) is 34.7 Å². The van der Waals surface area contributed by atoms with Gasteiger partial charge in [0.1, 0.15) is 6.29 Å². The SMILES string of the molecule is CS(=O)(=O)c1ccc(CN2C(N)NN(c3cc(Cl)cc(Cl)c3)C2N)cc1.